The molecule has 1 aliphatic rings. The minimum Gasteiger partial charge on any atom is -0.548 e. The van der Waals surface area contributed by atoms with E-state index in [1.807, 2.05) is 13.0 Å². The third-order valence-electron chi connectivity index (χ3n) is 4.22. The molecule has 0 aromatic heterocycles. The standard InChI is InChI=1S/C16H21NO4S/c1-3-16(15(18)19,13-6-4-5-7-13)17-22(20,21)14-10-8-12(2)9-11-14/h4,6,8-11,13,17H,3,5,7H2,1-2H3,(H,18,19)/p-1/t13?,16-/m0/s1. The van der Waals surface area contributed by atoms with Crippen LogP contribution in [0.4, 0.5) is 0 Å². The van der Waals surface area contributed by atoms with Gasteiger partial charge in [-0.05, 0) is 38.3 Å². The second kappa shape index (κ2) is 6.22. The van der Waals surface area contributed by atoms with Gasteiger partial charge in [-0.15, -0.1) is 0 Å². The van der Waals surface area contributed by atoms with E-state index in [-0.39, 0.29) is 11.3 Å². The molecular weight excluding hydrogens is 302 g/mol. The maximum absolute atomic E-state index is 12.6. The number of nitrogens with one attached hydrogen (secondary N) is 1. The lowest BCUT2D eigenvalue weighted by molar-refractivity contribution is -0.315. The molecule has 0 saturated heterocycles. The van der Waals surface area contributed by atoms with Crippen LogP contribution in [0.3, 0.4) is 0 Å². The molecule has 22 heavy (non-hydrogen) atoms. The van der Waals surface area contributed by atoms with Gasteiger partial charge in [0.1, 0.15) is 0 Å². The Morgan fingerprint density at radius 2 is 2.00 bits per heavy atom. The molecular formula is C16H20NO4S-. The molecule has 120 valence electrons. The molecule has 0 aliphatic heterocycles. The molecule has 0 radical (unpaired) electrons. The van der Waals surface area contributed by atoms with E-state index >= 15 is 0 Å². The van der Waals surface area contributed by atoms with Crippen molar-refractivity contribution >= 4 is 16.0 Å². The van der Waals surface area contributed by atoms with Gasteiger partial charge < -0.3 is 9.90 Å². The van der Waals surface area contributed by atoms with Crippen LogP contribution in [0.1, 0.15) is 31.7 Å². The van der Waals surface area contributed by atoms with Crippen LogP contribution in [0, 0.1) is 12.8 Å². The summed E-state index contributed by atoms with van der Waals surface area (Å²) in [5.74, 6) is -1.79. The number of hydrogen-bond acceptors (Lipinski definition) is 4. The lowest BCUT2D eigenvalue weighted by Crippen LogP contribution is -2.63. The molecule has 2 atom stereocenters. The van der Waals surface area contributed by atoms with Crippen LogP contribution in [-0.2, 0) is 14.8 Å². The number of carbonyl (C=O) groups is 1. The first-order chi connectivity index (χ1) is 10.3. The molecule has 5 nitrogen and oxygen atoms in total. The van der Waals surface area contributed by atoms with E-state index in [0.29, 0.717) is 6.42 Å². The highest BCUT2D eigenvalue weighted by atomic mass is 32.2. The monoisotopic (exact) mass is 322 g/mol. The van der Waals surface area contributed by atoms with Crippen LogP contribution >= 0.6 is 0 Å². The molecule has 1 aromatic carbocycles. The highest BCUT2D eigenvalue weighted by Crippen LogP contribution is 2.32. The summed E-state index contributed by atoms with van der Waals surface area (Å²) in [5.41, 5.74) is -0.684. The molecule has 6 heteroatoms. The fourth-order valence-electron chi connectivity index (χ4n) is 2.81. The minimum atomic E-state index is -3.93. The largest absolute Gasteiger partial charge is 0.548 e. The van der Waals surface area contributed by atoms with Crippen molar-refractivity contribution in [3.8, 4) is 0 Å². The number of benzene rings is 1. The molecule has 0 spiro atoms. The Labute approximate surface area is 131 Å². The van der Waals surface area contributed by atoms with E-state index < -0.39 is 27.4 Å². The van der Waals surface area contributed by atoms with Crippen LogP contribution < -0.4 is 9.83 Å². The van der Waals surface area contributed by atoms with Crippen LogP contribution in [0.15, 0.2) is 41.3 Å². The summed E-state index contributed by atoms with van der Waals surface area (Å²) in [6.45, 7) is 3.50. The average Bonchev–Trinajstić information content (AvgIpc) is 2.99. The quantitative estimate of drug-likeness (QED) is 0.796. The second-order valence-electron chi connectivity index (χ2n) is 5.64. The van der Waals surface area contributed by atoms with Gasteiger partial charge in [0.25, 0.3) is 0 Å². The Balaban J connectivity index is 2.39. The topological polar surface area (TPSA) is 86.3 Å². The lowest BCUT2D eigenvalue weighted by Gasteiger charge is -2.39. The summed E-state index contributed by atoms with van der Waals surface area (Å²) >= 11 is 0. The average molecular weight is 322 g/mol. The number of carbonyl (C=O) groups excluding carboxylic acids is 1. The van der Waals surface area contributed by atoms with Crippen molar-refractivity contribution < 1.29 is 18.3 Å². The number of sulfonamides is 1. The zero-order chi connectivity index (χ0) is 16.4. The van der Waals surface area contributed by atoms with Crippen molar-refractivity contribution in [3.63, 3.8) is 0 Å². The van der Waals surface area contributed by atoms with Crippen molar-refractivity contribution in [1.29, 1.82) is 0 Å². The number of rotatable bonds is 6. The smallest absolute Gasteiger partial charge is 0.241 e. The number of allylic oxidation sites excluding steroid dienone is 1. The SMILES string of the molecule is CC[C@@](NS(=O)(=O)c1ccc(C)cc1)(C(=O)[O-])C1C=CCC1. The second-order valence-corrected chi connectivity index (χ2v) is 7.33. The third-order valence-corrected chi connectivity index (χ3v) is 5.74. The van der Waals surface area contributed by atoms with Gasteiger partial charge >= 0.3 is 0 Å². The van der Waals surface area contributed by atoms with E-state index in [1.54, 1.807) is 25.1 Å². The Hall–Kier alpha value is -1.66. The van der Waals surface area contributed by atoms with Crippen molar-refractivity contribution in [2.24, 2.45) is 5.92 Å². The number of carboxylic acids is 1. The maximum atomic E-state index is 12.6. The summed E-state index contributed by atoms with van der Waals surface area (Å²) in [6.07, 6.45) is 5.09. The Bertz CT molecular complexity index is 679. The van der Waals surface area contributed by atoms with Gasteiger partial charge in [0.2, 0.25) is 10.0 Å². The van der Waals surface area contributed by atoms with E-state index in [9.17, 15) is 18.3 Å². The van der Waals surface area contributed by atoms with Gasteiger partial charge in [0, 0.05) is 5.92 Å². The van der Waals surface area contributed by atoms with Gasteiger partial charge in [0.15, 0.2) is 0 Å². The summed E-state index contributed by atoms with van der Waals surface area (Å²) < 4.78 is 27.5. The normalized spacial score (nSPS) is 20.7. The van der Waals surface area contributed by atoms with Gasteiger partial charge in [-0.2, -0.15) is 4.72 Å². The van der Waals surface area contributed by atoms with Gasteiger partial charge in [-0.3, -0.25) is 0 Å². The third kappa shape index (κ3) is 3.08. The highest BCUT2D eigenvalue weighted by molar-refractivity contribution is 7.89. The highest BCUT2D eigenvalue weighted by Gasteiger charge is 2.42. The van der Waals surface area contributed by atoms with Crippen LogP contribution in [0.2, 0.25) is 0 Å². The van der Waals surface area contributed by atoms with Gasteiger partial charge in [-0.1, -0.05) is 36.8 Å². The number of carboxylic acid groups (broad SMARTS) is 1. The summed E-state index contributed by atoms with van der Waals surface area (Å²) in [4.78, 5) is 11.8. The van der Waals surface area contributed by atoms with Crippen molar-refractivity contribution in [1.82, 2.24) is 4.72 Å². The minimum absolute atomic E-state index is 0.0548. The first-order valence-corrected chi connectivity index (χ1v) is 8.79. The predicted molar refractivity (Wildman–Crippen MR) is 81.4 cm³/mol. The zero-order valence-electron chi connectivity index (χ0n) is 12.7. The fourth-order valence-corrected chi connectivity index (χ4v) is 4.28. The lowest BCUT2D eigenvalue weighted by atomic mass is 9.82. The van der Waals surface area contributed by atoms with Crippen LogP contribution in [0.5, 0.6) is 0 Å². The fraction of sp³-hybridized carbons (Fsp3) is 0.438. The maximum Gasteiger partial charge on any atom is 0.241 e. The molecule has 1 N–H and O–H groups in total. The van der Waals surface area contributed by atoms with Crippen LogP contribution in [-0.4, -0.2) is 19.9 Å². The first kappa shape index (κ1) is 16.7. The first-order valence-electron chi connectivity index (χ1n) is 7.30. The van der Waals surface area contributed by atoms with Gasteiger partial charge in [0.05, 0.1) is 16.4 Å². The Kier molecular flexibility index (Phi) is 4.72. The van der Waals surface area contributed by atoms with Crippen molar-refractivity contribution in [2.45, 2.75) is 43.5 Å². The molecule has 0 fully saturated rings. The molecule has 2 rings (SSSR count). The molecule has 0 amide bonds. The molecule has 1 aromatic rings. The van der Waals surface area contributed by atoms with E-state index in [0.717, 1.165) is 12.0 Å². The molecule has 1 aliphatic carbocycles. The molecule has 0 saturated carbocycles. The van der Waals surface area contributed by atoms with E-state index in [2.05, 4.69) is 4.72 Å². The van der Waals surface area contributed by atoms with Crippen molar-refractivity contribution in [2.75, 3.05) is 0 Å². The van der Waals surface area contributed by atoms with Crippen molar-refractivity contribution in [3.05, 3.63) is 42.0 Å². The summed E-state index contributed by atoms with van der Waals surface area (Å²) in [7, 11) is -3.93. The Morgan fingerprint density at radius 1 is 1.36 bits per heavy atom. The number of aliphatic carboxylic acids is 1. The summed E-state index contributed by atoms with van der Waals surface area (Å²) in [6, 6.07) is 6.29. The summed E-state index contributed by atoms with van der Waals surface area (Å²) in [5, 5.41) is 11.7. The van der Waals surface area contributed by atoms with E-state index in [4.69, 9.17) is 0 Å². The Morgan fingerprint density at radius 3 is 2.45 bits per heavy atom. The number of hydrogen-bond donors (Lipinski definition) is 1. The molecule has 0 heterocycles. The predicted octanol–water partition coefficient (Wildman–Crippen LogP) is 1.14. The molecule has 1 unspecified atom stereocenters. The van der Waals surface area contributed by atoms with Crippen LogP contribution in [0.25, 0.3) is 0 Å². The van der Waals surface area contributed by atoms with Gasteiger partial charge in [-0.25, -0.2) is 8.42 Å². The molecule has 0 bridgehead atoms. The number of aryl methyl sites for hydroxylation is 1. The zero-order valence-corrected chi connectivity index (χ0v) is 13.5. The van der Waals surface area contributed by atoms with E-state index in [1.165, 1.54) is 12.1 Å².